The highest BCUT2D eigenvalue weighted by Crippen LogP contribution is 2.25. The zero-order chi connectivity index (χ0) is 19.4. The molecular formula is C23H28N2O2. The number of carbonyl (C=O) groups is 2. The third kappa shape index (κ3) is 4.38. The van der Waals surface area contributed by atoms with Crippen molar-refractivity contribution < 1.29 is 9.59 Å². The summed E-state index contributed by atoms with van der Waals surface area (Å²) < 4.78 is 0. The van der Waals surface area contributed by atoms with Crippen LogP contribution in [0.1, 0.15) is 46.8 Å². The number of carbonyl (C=O) groups excluding carboxylic acids is 2. The molecule has 0 atom stereocenters. The predicted molar refractivity (Wildman–Crippen MR) is 109 cm³/mol. The zero-order valence-corrected chi connectivity index (χ0v) is 16.4. The maximum atomic E-state index is 12.8. The highest BCUT2D eigenvalue weighted by Gasteiger charge is 2.28. The van der Waals surface area contributed by atoms with E-state index < -0.39 is 0 Å². The molecule has 3 rings (SSSR count). The van der Waals surface area contributed by atoms with Gasteiger partial charge in [0.15, 0.2) is 0 Å². The lowest BCUT2D eigenvalue weighted by Crippen LogP contribution is -2.41. The standard InChI is InChI=1S/C23H28N2O2/c1-4-18-9-6-8-17(3)21(18)24-22(26)19-11-13-25(14-12-19)23(27)20-10-5-7-16(2)15-20/h5-10,15,19H,4,11-14H2,1-3H3,(H,24,26). The van der Waals surface area contributed by atoms with E-state index in [0.29, 0.717) is 25.9 Å². The molecule has 0 radical (unpaired) electrons. The fraction of sp³-hybridized carbons (Fsp3) is 0.391. The van der Waals surface area contributed by atoms with E-state index in [2.05, 4.69) is 18.3 Å². The second-order valence-corrected chi connectivity index (χ2v) is 7.39. The van der Waals surface area contributed by atoms with Gasteiger partial charge in [-0.1, -0.05) is 42.8 Å². The molecule has 2 aromatic carbocycles. The van der Waals surface area contributed by atoms with Crippen LogP contribution in [0.2, 0.25) is 0 Å². The predicted octanol–water partition coefficient (Wildman–Crippen LogP) is 4.36. The van der Waals surface area contributed by atoms with Crippen molar-refractivity contribution >= 4 is 17.5 Å². The maximum absolute atomic E-state index is 12.8. The van der Waals surface area contributed by atoms with Crippen molar-refractivity contribution in [3.05, 3.63) is 64.7 Å². The second kappa shape index (κ2) is 8.38. The summed E-state index contributed by atoms with van der Waals surface area (Å²) in [6.07, 6.45) is 2.30. The Labute approximate surface area is 161 Å². The molecule has 1 aliphatic heterocycles. The molecule has 4 nitrogen and oxygen atoms in total. The molecule has 1 heterocycles. The minimum absolute atomic E-state index is 0.0455. The second-order valence-electron chi connectivity index (χ2n) is 7.39. The van der Waals surface area contributed by atoms with E-state index in [0.717, 1.165) is 34.4 Å². The normalized spacial score (nSPS) is 14.9. The van der Waals surface area contributed by atoms with E-state index in [1.807, 2.05) is 55.1 Å². The summed E-state index contributed by atoms with van der Waals surface area (Å²) in [5.74, 6) is 0.0854. The first-order valence-corrected chi connectivity index (χ1v) is 9.75. The lowest BCUT2D eigenvalue weighted by atomic mass is 9.94. The van der Waals surface area contributed by atoms with Gasteiger partial charge >= 0.3 is 0 Å². The van der Waals surface area contributed by atoms with Crippen LogP contribution in [0, 0.1) is 19.8 Å². The molecule has 2 amide bonds. The highest BCUT2D eigenvalue weighted by molar-refractivity contribution is 5.96. The van der Waals surface area contributed by atoms with Crippen LogP contribution in [-0.2, 0) is 11.2 Å². The van der Waals surface area contributed by atoms with Gasteiger partial charge in [0, 0.05) is 30.3 Å². The van der Waals surface area contributed by atoms with Crippen molar-refractivity contribution in [3.8, 4) is 0 Å². The van der Waals surface area contributed by atoms with Crippen molar-refractivity contribution in [1.29, 1.82) is 0 Å². The quantitative estimate of drug-likeness (QED) is 0.876. The molecule has 0 aromatic heterocycles. The number of hydrogen-bond acceptors (Lipinski definition) is 2. The van der Waals surface area contributed by atoms with Gasteiger partial charge in [0.1, 0.15) is 0 Å². The topological polar surface area (TPSA) is 49.4 Å². The molecule has 142 valence electrons. The molecule has 1 aliphatic rings. The molecule has 1 saturated heterocycles. The number of nitrogens with zero attached hydrogens (tertiary/aromatic N) is 1. The van der Waals surface area contributed by atoms with Crippen molar-refractivity contribution in [2.75, 3.05) is 18.4 Å². The van der Waals surface area contributed by atoms with Gasteiger partial charge < -0.3 is 10.2 Å². The van der Waals surface area contributed by atoms with Gasteiger partial charge in [0.05, 0.1) is 0 Å². The number of aryl methyl sites for hydroxylation is 3. The van der Waals surface area contributed by atoms with E-state index in [1.165, 1.54) is 0 Å². The molecule has 0 unspecified atom stereocenters. The van der Waals surface area contributed by atoms with Gasteiger partial charge in [-0.05, 0) is 56.4 Å². The first-order chi connectivity index (χ1) is 13.0. The molecule has 0 saturated carbocycles. The lowest BCUT2D eigenvalue weighted by molar-refractivity contribution is -0.121. The number of rotatable bonds is 4. The first-order valence-electron chi connectivity index (χ1n) is 9.75. The third-order valence-corrected chi connectivity index (χ3v) is 5.41. The van der Waals surface area contributed by atoms with Gasteiger partial charge in [-0.25, -0.2) is 0 Å². The van der Waals surface area contributed by atoms with Crippen molar-refractivity contribution in [2.45, 2.75) is 40.0 Å². The number of piperidine rings is 1. The molecule has 0 spiro atoms. The fourth-order valence-electron chi connectivity index (χ4n) is 3.73. The van der Waals surface area contributed by atoms with Crippen molar-refractivity contribution in [1.82, 2.24) is 4.90 Å². The highest BCUT2D eigenvalue weighted by atomic mass is 16.2. The Bertz CT molecular complexity index is 836. The summed E-state index contributed by atoms with van der Waals surface area (Å²) in [7, 11) is 0. The SMILES string of the molecule is CCc1cccc(C)c1NC(=O)C1CCN(C(=O)c2cccc(C)c2)CC1. The van der Waals surface area contributed by atoms with E-state index in [4.69, 9.17) is 0 Å². The number of nitrogens with one attached hydrogen (secondary N) is 1. The Morgan fingerprint density at radius 3 is 2.44 bits per heavy atom. The van der Waals surface area contributed by atoms with Crippen LogP contribution >= 0.6 is 0 Å². The molecular weight excluding hydrogens is 336 g/mol. The number of hydrogen-bond donors (Lipinski definition) is 1. The van der Waals surface area contributed by atoms with Gasteiger partial charge in [-0.15, -0.1) is 0 Å². The number of amides is 2. The minimum atomic E-state index is -0.0455. The van der Waals surface area contributed by atoms with Crippen molar-refractivity contribution in [2.24, 2.45) is 5.92 Å². The third-order valence-electron chi connectivity index (χ3n) is 5.41. The lowest BCUT2D eigenvalue weighted by Gasteiger charge is -2.31. The Morgan fingerprint density at radius 2 is 1.78 bits per heavy atom. The average Bonchev–Trinajstić information content (AvgIpc) is 2.69. The molecule has 0 aliphatic carbocycles. The Balaban J connectivity index is 1.61. The Hall–Kier alpha value is -2.62. The summed E-state index contributed by atoms with van der Waals surface area (Å²) in [6, 6.07) is 13.8. The Kier molecular flexibility index (Phi) is 5.94. The summed E-state index contributed by atoms with van der Waals surface area (Å²) in [5.41, 5.74) is 5.01. The summed E-state index contributed by atoms with van der Waals surface area (Å²) >= 11 is 0. The van der Waals surface area contributed by atoms with E-state index in [1.54, 1.807) is 0 Å². The van der Waals surface area contributed by atoms with Crippen LogP contribution in [0.4, 0.5) is 5.69 Å². The molecule has 2 aromatic rings. The van der Waals surface area contributed by atoms with Crippen LogP contribution in [0.15, 0.2) is 42.5 Å². The number of para-hydroxylation sites is 1. The van der Waals surface area contributed by atoms with E-state index in [9.17, 15) is 9.59 Å². The van der Waals surface area contributed by atoms with E-state index >= 15 is 0 Å². The smallest absolute Gasteiger partial charge is 0.253 e. The molecule has 4 heteroatoms. The first kappa shape index (κ1) is 19.2. The maximum Gasteiger partial charge on any atom is 0.253 e. The van der Waals surface area contributed by atoms with Crippen LogP contribution < -0.4 is 5.32 Å². The van der Waals surface area contributed by atoms with Crippen LogP contribution in [0.5, 0.6) is 0 Å². The van der Waals surface area contributed by atoms with Crippen LogP contribution in [0.25, 0.3) is 0 Å². The number of likely N-dealkylation sites (tertiary alicyclic amines) is 1. The Morgan fingerprint density at radius 1 is 1.07 bits per heavy atom. The molecule has 27 heavy (non-hydrogen) atoms. The summed E-state index contributed by atoms with van der Waals surface area (Å²) in [6.45, 7) is 7.36. The molecule has 1 N–H and O–H groups in total. The van der Waals surface area contributed by atoms with Gasteiger partial charge in [0.25, 0.3) is 5.91 Å². The van der Waals surface area contributed by atoms with Gasteiger partial charge in [-0.3, -0.25) is 9.59 Å². The number of anilines is 1. The fourth-order valence-corrected chi connectivity index (χ4v) is 3.73. The molecule has 1 fully saturated rings. The monoisotopic (exact) mass is 364 g/mol. The molecule has 0 bridgehead atoms. The summed E-state index contributed by atoms with van der Waals surface area (Å²) in [5, 5.41) is 3.14. The van der Waals surface area contributed by atoms with Gasteiger partial charge in [0.2, 0.25) is 5.91 Å². The zero-order valence-electron chi connectivity index (χ0n) is 16.4. The van der Waals surface area contributed by atoms with E-state index in [-0.39, 0.29) is 17.7 Å². The number of benzene rings is 2. The largest absolute Gasteiger partial charge is 0.339 e. The average molecular weight is 364 g/mol. The minimum Gasteiger partial charge on any atom is -0.339 e. The van der Waals surface area contributed by atoms with Crippen LogP contribution in [-0.4, -0.2) is 29.8 Å². The van der Waals surface area contributed by atoms with Crippen molar-refractivity contribution in [3.63, 3.8) is 0 Å². The summed E-state index contributed by atoms with van der Waals surface area (Å²) in [4.78, 5) is 27.3. The van der Waals surface area contributed by atoms with Crippen LogP contribution in [0.3, 0.4) is 0 Å². The van der Waals surface area contributed by atoms with Gasteiger partial charge in [-0.2, -0.15) is 0 Å².